The van der Waals surface area contributed by atoms with Crippen LogP contribution in [0.15, 0.2) is 18.2 Å². The van der Waals surface area contributed by atoms with E-state index in [-0.39, 0.29) is 0 Å². The predicted octanol–water partition coefficient (Wildman–Crippen LogP) is 4.05. The molecule has 15 heavy (non-hydrogen) atoms. The summed E-state index contributed by atoms with van der Waals surface area (Å²) < 4.78 is 0. The summed E-state index contributed by atoms with van der Waals surface area (Å²) in [5.74, 6) is 0.753. The van der Waals surface area contributed by atoms with Gasteiger partial charge in [-0.05, 0) is 43.0 Å². The van der Waals surface area contributed by atoms with Gasteiger partial charge < -0.3 is 5.32 Å². The van der Waals surface area contributed by atoms with Crippen LogP contribution < -0.4 is 5.32 Å². The molecule has 1 saturated carbocycles. The number of nitrogens with one attached hydrogen (secondary N) is 1. The van der Waals surface area contributed by atoms with Crippen molar-refractivity contribution >= 4 is 23.2 Å². The van der Waals surface area contributed by atoms with E-state index in [4.69, 9.17) is 23.2 Å². The van der Waals surface area contributed by atoms with Gasteiger partial charge in [-0.25, -0.2) is 0 Å². The molecule has 0 spiro atoms. The Morgan fingerprint density at radius 3 is 2.67 bits per heavy atom. The molecule has 0 heterocycles. The first kappa shape index (κ1) is 11.3. The summed E-state index contributed by atoms with van der Waals surface area (Å²) in [7, 11) is 0. The number of halogens is 2. The van der Waals surface area contributed by atoms with Crippen LogP contribution in [0, 0.1) is 5.92 Å². The zero-order valence-corrected chi connectivity index (χ0v) is 10.3. The standard InChI is InChI=1S/C12H15Cl2N/c1-2-15-12(8-3-4-8)10-6-5-9(13)7-11(10)14/h5-8,12,15H,2-4H2,1H3. The lowest BCUT2D eigenvalue weighted by Gasteiger charge is -2.19. The molecule has 0 amide bonds. The molecule has 0 radical (unpaired) electrons. The summed E-state index contributed by atoms with van der Waals surface area (Å²) in [6, 6.07) is 6.18. The predicted molar refractivity (Wildman–Crippen MR) is 65.6 cm³/mol. The van der Waals surface area contributed by atoms with Crippen molar-refractivity contribution in [3.05, 3.63) is 33.8 Å². The van der Waals surface area contributed by atoms with Gasteiger partial charge in [0.05, 0.1) is 0 Å². The van der Waals surface area contributed by atoms with Crippen LogP contribution in [-0.4, -0.2) is 6.54 Å². The van der Waals surface area contributed by atoms with Crippen LogP contribution in [0.2, 0.25) is 10.0 Å². The van der Waals surface area contributed by atoms with Gasteiger partial charge in [0.1, 0.15) is 0 Å². The third-order valence-electron chi connectivity index (χ3n) is 2.82. The Bertz CT molecular complexity index is 347. The van der Waals surface area contributed by atoms with Crippen LogP contribution in [0.3, 0.4) is 0 Å². The third-order valence-corrected chi connectivity index (χ3v) is 3.38. The molecule has 0 aliphatic heterocycles. The number of rotatable bonds is 4. The molecule has 2 rings (SSSR count). The molecule has 1 aliphatic carbocycles. The lowest BCUT2D eigenvalue weighted by Crippen LogP contribution is -2.22. The Hall–Kier alpha value is -0.240. The molecule has 1 aromatic rings. The topological polar surface area (TPSA) is 12.0 Å². The van der Waals surface area contributed by atoms with Crippen LogP contribution in [0.1, 0.15) is 31.4 Å². The maximum atomic E-state index is 6.21. The summed E-state index contributed by atoms with van der Waals surface area (Å²) >= 11 is 12.1. The number of hydrogen-bond acceptors (Lipinski definition) is 1. The zero-order chi connectivity index (χ0) is 10.8. The largest absolute Gasteiger partial charge is 0.310 e. The fourth-order valence-corrected chi connectivity index (χ4v) is 2.46. The molecule has 0 aromatic heterocycles. The van der Waals surface area contributed by atoms with E-state index in [1.54, 1.807) is 0 Å². The minimum absolute atomic E-state index is 0.403. The Balaban J connectivity index is 2.24. The SMILES string of the molecule is CCNC(c1ccc(Cl)cc1Cl)C1CC1. The molecule has 0 bridgehead atoms. The maximum Gasteiger partial charge on any atom is 0.0468 e. The van der Waals surface area contributed by atoms with Crippen molar-refractivity contribution in [3.8, 4) is 0 Å². The third kappa shape index (κ3) is 2.66. The molecular formula is C12H15Cl2N. The Labute approximate surface area is 101 Å². The first-order valence-corrected chi connectivity index (χ1v) is 6.16. The second-order valence-electron chi connectivity index (χ2n) is 4.04. The molecular weight excluding hydrogens is 229 g/mol. The summed E-state index contributed by atoms with van der Waals surface area (Å²) in [6.07, 6.45) is 2.60. The van der Waals surface area contributed by atoms with Crippen molar-refractivity contribution < 1.29 is 0 Å². The normalized spacial score (nSPS) is 17.8. The lowest BCUT2D eigenvalue weighted by atomic mass is 10.0. The van der Waals surface area contributed by atoms with E-state index >= 15 is 0 Å². The second kappa shape index (κ2) is 4.73. The molecule has 1 aromatic carbocycles. The summed E-state index contributed by atoms with van der Waals surface area (Å²) in [5, 5.41) is 4.98. The molecule has 1 N–H and O–H groups in total. The van der Waals surface area contributed by atoms with Gasteiger partial charge in [-0.2, -0.15) is 0 Å². The highest BCUT2D eigenvalue weighted by atomic mass is 35.5. The van der Waals surface area contributed by atoms with Crippen LogP contribution in [-0.2, 0) is 0 Å². The molecule has 3 heteroatoms. The number of hydrogen-bond donors (Lipinski definition) is 1. The Kier molecular flexibility index (Phi) is 3.55. The summed E-state index contributed by atoms with van der Waals surface area (Å²) in [4.78, 5) is 0. The minimum Gasteiger partial charge on any atom is -0.310 e. The van der Waals surface area contributed by atoms with Crippen LogP contribution in [0.5, 0.6) is 0 Å². The van der Waals surface area contributed by atoms with Gasteiger partial charge in [0.15, 0.2) is 0 Å². The molecule has 82 valence electrons. The second-order valence-corrected chi connectivity index (χ2v) is 4.88. The van der Waals surface area contributed by atoms with Gasteiger partial charge in [-0.15, -0.1) is 0 Å². The van der Waals surface area contributed by atoms with Crippen molar-refractivity contribution in [2.75, 3.05) is 6.54 Å². The molecule has 1 nitrogen and oxygen atoms in total. The molecule has 1 unspecified atom stereocenters. The average molecular weight is 244 g/mol. The van der Waals surface area contributed by atoms with E-state index in [0.29, 0.717) is 11.1 Å². The van der Waals surface area contributed by atoms with Gasteiger partial charge in [-0.1, -0.05) is 36.2 Å². The van der Waals surface area contributed by atoms with Crippen molar-refractivity contribution in [2.45, 2.75) is 25.8 Å². The first-order chi connectivity index (χ1) is 7.22. The zero-order valence-electron chi connectivity index (χ0n) is 8.76. The fourth-order valence-electron chi connectivity index (χ4n) is 1.93. The van der Waals surface area contributed by atoms with Gasteiger partial charge in [0.2, 0.25) is 0 Å². The monoisotopic (exact) mass is 243 g/mol. The van der Waals surface area contributed by atoms with E-state index in [1.807, 2.05) is 18.2 Å². The average Bonchev–Trinajstić information content (AvgIpc) is 2.98. The summed E-state index contributed by atoms with van der Waals surface area (Å²) in [6.45, 7) is 3.10. The Morgan fingerprint density at radius 2 is 2.13 bits per heavy atom. The van der Waals surface area contributed by atoms with Gasteiger partial charge in [0.25, 0.3) is 0 Å². The van der Waals surface area contributed by atoms with Crippen molar-refractivity contribution in [2.24, 2.45) is 5.92 Å². The molecule has 0 saturated heterocycles. The van der Waals surface area contributed by atoms with Gasteiger partial charge in [-0.3, -0.25) is 0 Å². The first-order valence-electron chi connectivity index (χ1n) is 5.40. The smallest absolute Gasteiger partial charge is 0.0468 e. The van der Waals surface area contributed by atoms with E-state index in [1.165, 1.54) is 18.4 Å². The highest BCUT2D eigenvalue weighted by Gasteiger charge is 2.32. The van der Waals surface area contributed by atoms with E-state index in [0.717, 1.165) is 17.5 Å². The molecule has 1 fully saturated rings. The van der Waals surface area contributed by atoms with Crippen LogP contribution in [0.25, 0.3) is 0 Å². The van der Waals surface area contributed by atoms with Crippen molar-refractivity contribution in [1.29, 1.82) is 0 Å². The van der Waals surface area contributed by atoms with E-state index in [9.17, 15) is 0 Å². The summed E-state index contributed by atoms with van der Waals surface area (Å²) in [5.41, 5.74) is 1.19. The van der Waals surface area contributed by atoms with E-state index < -0.39 is 0 Å². The number of benzene rings is 1. The van der Waals surface area contributed by atoms with Crippen molar-refractivity contribution in [3.63, 3.8) is 0 Å². The molecule has 1 atom stereocenters. The quantitative estimate of drug-likeness (QED) is 0.842. The highest BCUT2D eigenvalue weighted by Crippen LogP contribution is 2.43. The van der Waals surface area contributed by atoms with E-state index in [2.05, 4.69) is 12.2 Å². The minimum atomic E-state index is 0.403. The Morgan fingerprint density at radius 1 is 1.40 bits per heavy atom. The van der Waals surface area contributed by atoms with Gasteiger partial charge in [0, 0.05) is 16.1 Å². The fraction of sp³-hybridized carbons (Fsp3) is 0.500. The lowest BCUT2D eigenvalue weighted by molar-refractivity contribution is 0.496. The van der Waals surface area contributed by atoms with Crippen LogP contribution >= 0.6 is 23.2 Å². The van der Waals surface area contributed by atoms with Gasteiger partial charge >= 0.3 is 0 Å². The highest BCUT2D eigenvalue weighted by molar-refractivity contribution is 6.35. The molecule has 1 aliphatic rings. The van der Waals surface area contributed by atoms with Crippen molar-refractivity contribution in [1.82, 2.24) is 5.32 Å². The van der Waals surface area contributed by atoms with Crippen LogP contribution in [0.4, 0.5) is 0 Å². The maximum absolute atomic E-state index is 6.21.